The van der Waals surface area contributed by atoms with E-state index < -0.39 is 0 Å². The van der Waals surface area contributed by atoms with Crippen LogP contribution in [0.25, 0.3) is 0 Å². The van der Waals surface area contributed by atoms with Crippen molar-refractivity contribution in [1.82, 2.24) is 0 Å². The van der Waals surface area contributed by atoms with Crippen molar-refractivity contribution in [2.45, 2.75) is 64.3 Å². The van der Waals surface area contributed by atoms with Crippen LogP contribution in [0.4, 0.5) is 0 Å². The normalized spacial score (nSPS) is 30.8. The first-order chi connectivity index (χ1) is 7.59. The zero-order valence-corrected chi connectivity index (χ0v) is 10.6. The molecule has 2 atom stereocenters. The molecule has 0 radical (unpaired) electrons. The average Bonchev–Trinajstić information content (AvgIpc) is 2.40. The summed E-state index contributed by atoms with van der Waals surface area (Å²) in [6, 6.07) is 0. The van der Waals surface area contributed by atoms with E-state index in [2.05, 4.69) is 6.92 Å². The van der Waals surface area contributed by atoms with E-state index in [0.29, 0.717) is 13.0 Å². The Morgan fingerprint density at radius 2 is 2.12 bits per heavy atom. The predicted octanol–water partition coefficient (Wildman–Crippen LogP) is 2.63. The summed E-state index contributed by atoms with van der Waals surface area (Å²) in [7, 11) is 0. The summed E-state index contributed by atoms with van der Waals surface area (Å²) in [6.07, 6.45) is 7.11. The van der Waals surface area contributed by atoms with Gasteiger partial charge in [-0.05, 0) is 32.1 Å². The second-order valence-corrected chi connectivity index (χ2v) is 5.05. The van der Waals surface area contributed by atoms with Crippen molar-refractivity contribution in [3.05, 3.63) is 0 Å². The lowest BCUT2D eigenvalue weighted by Gasteiger charge is -2.26. The van der Waals surface area contributed by atoms with Crippen molar-refractivity contribution >= 4 is 5.97 Å². The number of esters is 1. The van der Waals surface area contributed by atoms with Gasteiger partial charge in [0.2, 0.25) is 0 Å². The quantitative estimate of drug-likeness (QED) is 0.593. The van der Waals surface area contributed by atoms with Crippen LogP contribution in [0.15, 0.2) is 0 Å². The van der Waals surface area contributed by atoms with Crippen LogP contribution in [0, 0.1) is 5.92 Å². The van der Waals surface area contributed by atoms with Crippen molar-refractivity contribution in [1.29, 1.82) is 0 Å². The standard InChI is InChI=1S/C13H25NO2/c1-3-11-6-5-8-13(14,9-7-11)10-12(15)16-4-2/h11H,3-10,14H2,1-2H3. The molecule has 1 fully saturated rings. The van der Waals surface area contributed by atoms with Crippen LogP contribution in [-0.4, -0.2) is 18.1 Å². The van der Waals surface area contributed by atoms with Crippen molar-refractivity contribution in [3.8, 4) is 0 Å². The van der Waals surface area contributed by atoms with Crippen LogP contribution in [0.5, 0.6) is 0 Å². The van der Waals surface area contributed by atoms with Gasteiger partial charge in [-0.25, -0.2) is 0 Å². The summed E-state index contributed by atoms with van der Waals surface area (Å²) in [6.45, 7) is 4.52. The van der Waals surface area contributed by atoms with Crippen LogP contribution in [-0.2, 0) is 9.53 Å². The smallest absolute Gasteiger partial charge is 0.307 e. The average molecular weight is 227 g/mol. The molecule has 2 unspecified atom stereocenters. The van der Waals surface area contributed by atoms with Crippen molar-refractivity contribution in [2.75, 3.05) is 6.61 Å². The van der Waals surface area contributed by atoms with E-state index in [1.807, 2.05) is 6.92 Å². The molecule has 0 saturated heterocycles. The molecule has 1 rings (SSSR count). The lowest BCUT2D eigenvalue weighted by Crippen LogP contribution is -2.41. The predicted molar refractivity (Wildman–Crippen MR) is 65.0 cm³/mol. The third kappa shape index (κ3) is 4.12. The molecular weight excluding hydrogens is 202 g/mol. The summed E-state index contributed by atoms with van der Waals surface area (Å²) in [5.41, 5.74) is 6.00. The molecule has 0 aromatic carbocycles. The summed E-state index contributed by atoms with van der Waals surface area (Å²) in [5, 5.41) is 0. The van der Waals surface area contributed by atoms with E-state index >= 15 is 0 Å². The molecule has 0 spiro atoms. The van der Waals surface area contributed by atoms with Gasteiger partial charge in [0.15, 0.2) is 0 Å². The van der Waals surface area contributed by atoms with Gasteiger partial charge in [0.05, 0.1) is 13.0 Å². The van der Waals surface area contributed by atoms with Crippen LogP contribution < -0.4 is 5.73 Å². The van der Waals surface area contributed by atoms with Gasteiger partial charge < -0.3 is 10.5 Å². The van der Waals surface area contributed by atoms with E-state index in [0.717, 1.165) is 31.6 Å². The van der Waals surface area contributed by atoms with Crippen molar-refractivity contribution in [3.63, 3.8) is 0 Å². The van der Waals surface area contributed by atoms with Crippen LogP contribution >= 0.6 is 0 Å². The lowest BCUT2D eigenvalue weighted by atomic mass is 9.87. The number of nitrogens with two attached hydrogens (primary N) is 1. The molecular formula is C13H25NO2. The maximum Gasteiger partial charge on any atom is 0.307 e. The maximum atomic E-state index is 11.5. The molecule has 0 bridgehead atoms. The highest BCUT2D eigenvalue weighted by atomic mass is 16.5. The van der Waals surface area contributed by atoms with Gasteiger partial charge >= 0.3 is 5.97 Å². The molecule has 0 aromatic rings. The fourth-order valence-corrected chi connectivity index (χ4v) is 2.59. The van der Waals surface area contributed by atoms with Gasteiger partial charge in [0.25, 0.3) is 0 Å². The Labute approximate surface area is 98.7 Å². The highest BCUT2D eigenvalue weighted by Gasteiger charge is 2.31. The van der Waals surface area contributed by atoms with Crippen LogP contribution in [0.1, 0.15) is 58.8 Å². The molecule has 0 aliphatic heterocycles. The lowest BCUT2D eigenvalue weighted by molar-refractivity contribution is -0.144. The molecule has 16 heavy (non-hydrogen) atoms. The van der Waals surface area contributed by atoms with E-state index in [-0.39, 0.29) is 11.5 Å². The molecule has 2 N–H and O–H groups in total. The molecule has 1 aliphatic carbocycles. The number of ether oxygens (including phenoxy) is 1. The first-order valence-electron chi connectivity index (χ1n) is 6.54. The summed E-state index contributed by atoms with van der Waals surface area (Å²) < 4.78 is 4.98. The number of hydrogen-bond acceptors (Lipinski definition) is 3. The molecule has 0 aromatic heterocycles. The summed E-state index contributed by atoms with van der Waals surface area (Å²) in [4.78, 5) is 11.5. The number of carbonyl (C=O) groups excluding carboxylic acids is 1. The van der Waals surface area contributed by atoms with Gasteiger partial charge in [-0.15, -0.1) is 0 Å². The Bertz CT molecular complexity index is 230. The Kier molecular flexibility index (Phi) is 5.26. The number of hydrogen-bond donors (Lipinski definition) is 1. The second-order valence-electron chi connectivity index (χ2n) is 5.05. The fourth-order valence-electron chi connectivity index (χ4n) is 2.59. The van der Waals surface area contributed by atoms with E-state index in [1.165, 1.54) is 12.8 Å². The van der Waals surface area contributed by atoms with Gasteiger partial charge in [0.1, 0.15) is 0 Å². The minimum absolute atomic E-state index is 0.139. The van der Waals surface area contributed by atoms with Gasteiger partial charge in [-0.1, -0.05) is 26.2 Å². The van der Waals surface area contributed by atoms with Gasteiger partial charge in [0, 0.05) is 5.54 Å². The Balaban J connectivity index is 2.46. The first kappa shape index (κ1) is 13.5. The maximum absolute atomic E-state index is 11.5. The Morgan fingerprint density at radius 3 is 2.75 bits per heavy atom. The molecule has 0 amide bonds. The summed E-state index contributed by atoms with van der Waals surface area (Å²) >= 11 is 0. The van der Waals surface area contributed by atoms with Gasteiger partial charge in [-0.3, -0.25) is 4.79 Å². The van der Waals surface area contributed by atoms with Crippen LogP contribution in [0.2, 0.25) is 0 Å². The fraction of sp³-hybridized carbons (Fsp3) is 0.923. The Morgan fingerprint density at radius 1 is 1.38 bits per heavy atom. The summed E-state index contributed by atoms with van der Waals surface area (Å²) in [5.74, 6) is 0.660. The minimum Gasteiger partial charge on any atom is -0.466 e. The van der Waals surface area contributed by atoms with Crippen molar-refractivity contribution in [2.24, 2.45) is 11.7 Å². The number of carbonyl (C=O) groups is 1. The number of rotatable bonds is 4. The SMILES string of the molecule is CCOC(=O)CC1(N)CCCC(CC)CC1. The zero-order valence-electron chi connectivity index (χ0n) is 10.6. The molecule has 1 saturated carbocycles. The Hall–Kier alpha value is -0.570. The highest BCUT2D eigenvalue weighted by Crippen LogP contribution is 2.32. The van der Waals surface area contributed by atoms with Gasteiger partial charge in [-0.2, -0.15) is 0 Å². The minimum atomic E-state index is -0.309. The zero-order chi connectivity index (χ0) is 12.0. The first-order valence-corrected chi connectivity index (χ1v) is 6.54. The third-order valence-corrected chi connectivity index (χ3v) is 3.72. The van der Waals surface area contributed by atoms with Crippen molar-refractivity contribution < 1.29 is 9.53 Å². The molecule has 3 nitrogen and oxygen atoms in total. The molecule has 0 heterocycles. The largest absolute Gasteiger partial charge is 0.466 e. The highest BCUT2D eigenvalue weighted by molar-refractivity contribution is 5.70. The second kappa shape index (κ2) is 6.24. The third-order valence-electron chi connectivity index (χ3n) is 3.72. The van der Waals surface area contributed by atoms with E-state index in [9.17, 15) is 4.79 Å². The molecule has 3 heteroatoms. The van der Waals surface area contributed by atoms with E-state index in [1.54, 1.807) is 0 Å². The topological polar surface area (TPSA) is 52.3 Å². The van der Waals surface area contributed by atoms with E-state index in [4.69, 9.17) is 10.5 Å². The van der Waals surface area contributed by atoms with Crippen LogP contribution in [0.3, 0.4) is 0 Å². The molecule has 94 valence electrons. The monoisotopic (exact) mass is 227 g/mol. The molecule has 1 aliphatic rings.